The predicted molar refractivity (Wildman–Crippen MR) is 423 cm³/mol. The molecule has 96 heavy (non-hydrogen) atoms. The van der Waals surface area contributed by atoms with E-state index >= 15 is 0 Å². The Balaban J connectivity index is 0.000000158. The Kier molecular flexibility index (Phi) is 19.6. The minimum absolute atomic E-state index is 0.823. The molecule has 0 atom stereocenters. The molecule has 2 aliphatic rings. The van der Waals surface area contributed by atoms with E-state index in [1.165, 1.54) is 134 Å². The summed E-state index contributed by atoms with van der Waals surface area (Å²) in [5.41, 5.74) is 16.2. The smallest absolute Gasteiger partial charge is 0.0522 e. The van der Waals surface area contributed by atoms with Crippen LogP contribution >= 0.6 is 32.3 Å². The molecule has 0 saturated carbocycles. The Bertz CT molecular complexity index is 4420. The van der Waals surface area contributed by atoms with Crippen LogP contribution < -0.4 is 62.8 Å². The zero-order valence-electron chi connectivity index (χ0n) is 53.8. The fourth-order valence-electron chi connectivity index (χ4n) is 13.9. The molecular formula is C88H76N4P4. The number of nitrogens with one attached hydrogen (secondary N) is 4. The highest BCUT2D eigenvalue weighted by Crippen LogP contribution is 2.52. The van der Waals surface area contributed by atoms with Crippen LogP contribution in [0.1, 0.15) is 47.9 Å². The molecule has 0 amide bonds. The van der Waals surface area contributed by atoms with Crippen molar-refractivity contribution in [2.75, 3.05) is 20.3 Å². The fourth-order valence-corrected chi connectivity index (χ4v) is 21.6. The molecule has 468 valence electrons. The van der Waals surface area contributed by atoms with Gasteiger partial charge in [-0.25, -0.2) is 0 Å². The second kappa shape index (κ2) is 30.1. The van der Waals surface area contributed by atoms with Crippen molar-refractivity contribution in [1.82, 2.24) is 0 Å². The maximum atomic E-state index is 4.22. The largest absolute Gasteiger partial charge is 0.356 e. The van der Waals surface area contributed by atoms with E-state index in [1.54, 1.807) is 11.1 Å². The number of rotatable bonds is 18. The molecule has 0 fully saturated rings. The zero-order chi connectivity index (χ0) is 64.2. The van der Waals surface area contributed by atoms with Crippen LogP contribution in [-0.2, 0) is 25.7 Å². The molecule has 0 saturated heterocycles. The summed E-state index contributed by atoms with van der Waals surface area (Å²) in [6.45, 7) is 0. The van der Waals surface area contributed by atoms with Crippen molar-refractivity contribution in [3.63, 3.8) is 0 Å². The van der Waals surface area contributed by atoms with Gasteiger partial charge in [0.2, 0.25) is 0 Å². The maximum absolute atomic E-state index is 4.22. The van der Waals surface area contributed by atoms with Crippen molar-refractivity contribution in [3.05, 3.63) is 362 Å². The van der Waals surface area contributed by atoms with Crippen LogP contribution in [0.25, 0.3) is 43.8 Å². The highest BCUT2D eigenvalue weighted by atomic mass is 31.1. The van der Waals surface area contributed by atoms with Gasteiger partial charge in [0.1, 0.15) is 0 Å². The van der Waals surface area contributed by atoms with Crippen molar-refractivity contribution in [1.29, 1.82) is 0 Å². The molecule has 0 aromatic heterocycles. The van der Waals surface area contributed by atoms with Gasteiger partial charge in [0.25, 0.3) is 0 Å². The first-order valence-electron chi connectivity index (χ1n) is 33.7. The highest BCUT2D eigenvalue weighted by molar-refractivity contribution is 7.75. The first kappa shape index (κ1) is 62.6. The third-order valence-corrected chi connectivity index (χ3v) is 26.8. The molecule has 0 heterocycles. The Hall–Kier alpha value is -9.48. The van der Waals surface area contributed by atoms with E-state index in [2.05, 4.69) is 360 Å². The third kappa shape index (κ3) is 13.8. The number of hydrogen-bond donors (Lipinski definition) is 4. The first-order chi connectivity index (χ1) is 47.7. The van der Waals surface area contributed by atoms with Gasteiger partial charge in [-0.15, -0.1) is 0 Å². The topological polar surface area (TPSA) is 48.1 Å². The van der Waals surface area contributed by atoms with Crippen LogP contribution in [0.5, 0.6) is 0 Å². The normalized spacial score (nSPS) is 12.6. The summed E-state index contributed by atoms with van der Waals surface area (Å²) >= 11 is 0. The lowest BCUT2D eigenvalue weighted by Gasteiger charge is -2.31. The molecule has 0 bridgehead atoms. The van der Waals surface area contributed by atoms with Crippen molar-refractivity contribution < 1.29 is 0 Å². The van der Waals surface area contributed by atoms with E-state index < -0.39 is 32.3 Å². The molecular weight excluding hydrogens is 1240 g/mol. The van der Waals surface area contributed by atoms with Crippen LogP contribution in [0.15, 0.2) is 340 Å². The van der Waals surface area contributed by atoms with Crippen LogP contribution in [0, 0.1) is 0 Å². The predicted octanol–water partition coefficient (Wildman–Crippen LogP) is 20.6. The van der Waals surface area contributed by atoms with E-state index in [-0.39, 0.29) is 0 Å². The Morgan fingerprint density at radius 3 is 0.677 bits per heavy atom. The van der Waals surface area contributed by atoms with Gasteiger partial charge in [-0.05, 0) is 119 Å². The van der Waals surface area contributed by atoms with Crippen molar-refractivity contribution in [3.8, 4) is 22.3 Å². The quantitative estimate of drug-likeness (QED) is 0.0647. The van der Waals surface area contributed by atoms with Gasteiger partial charge in [0.05, 0.1) is 32.3 Å². The lowest BCUT2D eigenvalue weighted by Crippen LogP contribution is -2.19. The summed E-state index contributed by atoms with van der Waals surface area (Å²) in [6, 6.07) is 124. The molecule has 0 unspecified atom stereocenters. The minimum Gasteiger partial charge on any atom is -0.356 e. The molecule has 8 heteroatoms. The van der Waals surface area contributed by atoms with Crippen LogP contribution in [0.2, 0.25) is 0 Å². The molecule has 14 aromatic rings. The number of aryl methyl sites for hydroxylation is 2. The summed E-state index contributed by atoms with van der Waals surface area (Å²) in [4.78, 5) is 0. The number of fused-ring (bicyclic) bond motifs is 4. The van der Waals surface area contributed by atoms with Crippen LogP contribution in [0.3, 0.4) is 0 Å². The molecule has 0 spiro atoms. The highest BCUT2D eigenvalue weighted by Gasteiger charge is 2.29. The summed E-state index contributed by atoms with van der Waals surface area (Å²) in [7, 11) is -3.44. The molecule has 0 radical (unpaired) electrons. The molecule has 16 rings (SSSR count). The minimum atomic E-state index is -0.897. The first-order valence-corrected chi connectivity index (χ1v) is 39.0. The molecule has 4 nitrogen and oxygen atoms in total. The van der Waals surface area contributed by atoms with Crippen LogP contribution in [0.4, 0.5) is 22.7 Å². The molecule has 14 aromatic carbocycles. The van der Waals surface area contributed by atoms with Gasteiger partial charge in [-0.3, -0.25) is 0 Å². The Labute approximate surface area is 571 Å². The van der Waals surface area contributed by atoms with Crippen molar-refractivity contribution in [2.45, 2.75) is 51.4 Å². The van der Waals surface area contributed by atoms with E-state index in [9.17, 15) is 0 Å². The van der Waals surface area contributed by atoms with Gasteiger partial charge in [0.15, 0.2) is 0 Å². The SMILES string of the molecule is c1ccc(P(Nc2ccc3c(c2-c2c(NP(c4ccccc4)c4ccccc4)ccc4c2CCCC4)CCCC3)c2ccccc2)cc1.c1ccc(P(Nc2ccc3ccccc3c2-c2c(NP(c3ccccc3)c3ccccc3)ccc3ccccc23)c2ccccc2)cc1. The van der Waals surface area contributed by atoms with E-state index in [0.29, 0.717) is 0 Å². The Morgan fingerprint density at radius 1 is 0.188 bits per heavy atom. The number of benzene rings is 14. The second-order valence-electron chi connectivity index (χ2n) is 24.6. The van der Waals surface area contributed by atoms with E-state index in [1.807, 2.05) is 0 Å². The standard InChI is InChI=1S/C44H42N2P2.C44H34N2P2/c2*1-5-19-35(20-6-1)47(36-21-7-2-8-22-36)45-41-31-29-33-17-13-15-27-39(33)43(41)44-40-28-16-14-18-34(40)30-32-42(44)46-48(37-23-9-3-10-24-37)38-25-11-4-12-26-38/h1-12,19-26,29-32,45-46H,13-18,27-28H2;1-32,45-46H. The molecule has 2 aliphatic carbocycles. The van der Waals surface area contributed by atoms with Crippen LogP contribution in [-0.4, -0.2) is 0 Å². The number of hydrogen-bond acceptors (Lipinski definition) is 4. The Morgan fingerprint density at radius 2 is 0.406 bits per heavy atom. The average molecular weight is 1310 g/mol. The van der Waals surface area contributed by atoms with Gasteiger partial charge in [-0.2, -0.15) is 0 Å². The van der Waals surface area contributed by atoms with Gasteiger partial charge in [0, 0.05) is 87.4 Å². The summed E-state index contributed by atoms with van der Waals surface area (Å²) in [5, 5.41) is 32.1. The zero-order valence-corrected chi connectivity index (χ0v) is 57.4. The van der Waals surface area contributed by atoms with Crippen molar-refractivity contribution in [2.24, 2.45) is 0 Å². The fraction of sp³-hybridized carbons (Fsp3) is 0.0909. The van der Waals surface area contributed by atoms with Gasteiger partial charge >= 0.3 is 0 Å². The maximum Gasteiger partial charge on any atom is 0.0522 e. The lowest BCUT2D eigenvalue weighted by molar-refractivity contribution is 0.682. The van der Waals surface area contributed by atoms with Gasteiger partial charge in [-0.1, -0.05) is 315 Å². The second-order valence-corrected chi connectivity index (χ2v) is 32.3. The monoisotopic (exact) mass is 1310 g/mol. The molecule has 0 aliphatic heterocycles. The van der Waals surface area contributed by atoms with E-state index in [4.69, 9.17) is 0 Å². The van der Waals surface area contributed by atoms with Crippen molar-refractivity contribution >= 4 is 119 Å². The molecule has 4 N–H and O–H groups in total. The summed E-state index contributed by atoms with van der Waals surface area (Å²) < 4.78 is 0. The third-order valence-electron chi connectivity index (χ3n) is 18.5. The summed E-state index contributed by atoms with van der Waals surface area (Å²) in [6.07, 6.45) is 9.60. The lowest BCUT2D eigenvalue weighted by atomic mass is 9.79. The average Bonchev–Trinajstić information content (AvgIpc) is 0.759. The number of anilines is 4. The van der Waals surface area contributed by atoms with E-state index in [0.717, 1.165) is 37.1 Å². The summed E-state index contributed by atoms with van der Waals surface area (Å²) in [5.74, 6) is 0. The van der Waals surface area contributed by atoms with Gasteiger partial charge < -0.3 is 20.3 Å².